The first-order valence-electron chi connectivity index (χ1n) is 11.1. The van der Waals surface area contributed by atoms with Crippen LogP contribution in [-0.4, -0.2) is 67.5 Å². The number of aromatic amines is 1. The van der Waals surface area contributed by atoms with Crippen molar-refractivity contribution < 1.29 is 13.2 Å². The van der Waals surface area contributed by atoms with E-state index in [1.807, 2.05) is 0 Å². The summed E-state index contributed by atoms with van der Waals surface area (Å²) in [5.41, 5.74) is 2.63. The molecule has 0 saturated carbocycles. The Hall–Kier alpha value is -2.99. The third-order valence-corrected chi connectivity index (χ3v) is 8.90. The minimum absolute atomic E-state index is 0.115. The highest BCUT2D eigenvalue weighted by atomic mass is 32.2. The number of piperidine rings is 1. The SMILES string of the molecule is Cc1nn(C)c(C)c1S(=O)(=O)N1CCCC(C(=O)N2CCc3nc4cc[nH]n4c(=O)c3C2)C1. The molecule has 176 valence electrons. The van der Waals surface area contributed by atoms with Gasteiger partial charge in [0.25, 0.3) is 5.56 Å². The molecule has 2 aliphatic heterocycles. The van der Waals surface area contributed by atoms with E-state index in [0.717, 1.165) is 5.69 Å². The third kappa shape index (κ3) is 3.48. The van der Waals surface area contributed by atoms with Gasteiger partial charge in [0, 0.05) is 45.4 Å². The van der Waals surface area contributed by atoms with Crippen molar-refractivity contribution in [2.45, 2.75) is 44.6 Å². The maximum absolute atomic E-state index is 13.4. The number of amides is 1. The molecule has 0 aliphatic carbocycles. The lowest BCUT2D eigenvalue weighted by molar-refractivity contribution is -0.137. The number of nitrogens with zero attached hydrogens (tertiary/aromatic N) is 6. The lowest BCUT2D eigenvalue weighted by Gasteiger charge is -2.35. The standard InChI is InChI=1S/C21H27N7O4S/c1-13-19(14(2)25(3)24-13)33(31,32)27-9-4-5-15(11-27)20(29)26-10-7-17-16(12-26)21(30)28-18(23-17)6-8-22-28/h6,8,15,22H,4-5,7,9-12H2,1-3H3. The molecule has 1 fully saturated rings. The van der Waals surface area contributed by atoms with Gasteiger partial charge in [0.2, 0.25) is 15.9 Å². The Labute approximate surface area is 191 Å². The molecule has 0 bridgehead atoms. The fraction of sp³-hybridized carbons (Fsp3) is 0.524. The van der Waals surface area contributed by atoms with Gasteiger partial charge in [-0.25, -0.2) is 17.9 Å². The number of hydrogen-bond acceptors (Lipinski definition) is 6. The molecule has 0 aromatic carbocycles. The van der Waals surface area contributed by atoms with Crippen molar-refractivity contribution in [3.8, 4) is 0 Å². The highest BCUT2D eigenvalue weighted by molar-refractivity contribution is 7.89. The summed E-state index contributed by atoms with van der Waals surface area (Å²) >= 11 is 0. The largest absolute Gasteiger partial charge is 0.337 e. The number of sulfonamides is 1. The number of carbonyl (C=O) groups is 1. The first-order valence-corrected chi connectivity index (χ1v) is 12.5. The van der Waals surface area contributed by atoms with Crippen LogP contribution in [0.5, 0.6) is 0 Å². The van der Waals surface area contributed by atoms with E-state index < -0.39 is 15.9 Å². The number of carbonyl (C=O) groups excluding carboxylic acids is 1. The molecule has 0 radical (unpaired) electrons. The van der Waals surface area contributed by atoms with Gasteiger partial charge in [0.1, 0.15) is 4.90 Å². The van der Waals surface area contributed by atoms with E-state index in [0.29, 0.717) is 55.0 Å². The summed E-state index contributed by atoms with van der Waals surface area (Å²) in [7, 11) is -2.04. The number of nitrogens with one attached hydrogen (secondary N) is 1. The summed E-state index contributed by atoms with van der Waals surface area (Å²) in [6.45, 7) is 4.57. The van der Waals surface area contributed by atoms with Crippen LogP contribution in [0.4, 0.5) is 0 Å². The lowest BCUT2D eigenvalue weighted by Crippen LogP contribution is -2.48. The van der Waals surface area contributed by atoms with Crippen LogP contribution in [-0.2, 0) is 34.8 Å². The van der Waals surface area contributed by atoms with Gasteiger partial charge in [-0.3, -0.25) is 19.4 Å². The van der Waals surface area contributed by atoms with Gasteiger partial charge in [0.15, 0.2) is 5.65 Å². The average molecular weight is 474 g/mol. The first-order chi connectivity index (χ1) is 15.7. The predicted octanol–water partition coefficient (Wildman–Crippen LogP) is 0.359. The fourth-order valence-electron chi connectivity index (χ4n) is 4.98. The zero-order valence-corrected chi connectivity index (χ0v) is 19.7. The monoisotopic (exact) mass is 473 g/mol. The van der Waals surface area contributed by atoms with Gasteiger partial charge in [0.05, 0.1) is 35.1 Å². The molecule has 1 unspecified atom stereocenters. The van der Waals surface area contributed by atoms with E-state index in [4.69, 9.17) is 0 Å². The van der Waals surface area contributed by atoms with Gasteiger partial charge in [-0.2, -0.15) is 9.40 Å². The molecule has 3 aromatic heterocycles. The van der Waals surface area contributed by atoms with E-state index in [1.54, 1.807) is 42.7 Å². The maximum Gasteiger partial charge on any atom is 0.277 e. The lowest BCUT2D eigenvalue weighted by atomic mass is 9.96. The normalized spacial score (nSPS) is 19.7. The third-order valence-electron chi connectivity index (χ3n) is 6.78. The van der Waals surface area contributed by atoms with Crippen molar-refractivity contribution in [1.82, 2.24) is 33.6 Å². The number of aromatic nitrogens is 5. The highest BCUT2D eigenvalue weighted by Gasteiger charge is 2.38. The van der Waals surface area contributed by atoms with Crippen LogP contribution in [0.25, 0.3) is 5.65 Å². The second kappa shape index (κ2) is 7.80. The number of H-pyrrole nitrogens is 1. The Morgan fingerprint density at radius 3 is 2.76 bits per heavy atom. The Morgan fingerprint density at radius 2 is 2.03 bits per heavy atom. The van der Waals surface area contributed by atoms with Gasteiger partial charge in [-0.05, 0) is 26.7 Å². The molecule has 0 spiro atoms. The zero-order chi connectivity index (χ0) is 23.5. The molecule has 1 saturated heterocycles. The molecule has 1 amide bonds. The van der Waals surface area contributed by atoms with Gasteiger partial charge < -0.3 is 4.90 Å². The van der Waals surface area contributed by atoms with Crippen molar-refractivity contribution in [3.05, 3.63) is 45.3 Å². The molecular formula is C21H27N7O4S. The smallest absolute Gasteiger partial charge is 0.277 e. The topological polar surface area (TPSA) is 126 Å². The quantitative estimate of drug-likeness (QED) is 0.585. The number of fused-ring (bicyclic) bond motifs is 2. The second-order valence-electron chi connectivity index (χ2n) is 8.83. The van der Waals surface area contributed by atoms with Crippen LogP contribution >= 0.6 is 0 Å². The minimum Gasteiger partial charge on any atom is -0.337 e. The molecule has 5 heterocycles. The molecular weight excluding hydrogens is 446 g/mol. The summed E-state index contributed by atoms with van der Waals surface area (Å²) in [5.74, 6) is -0.562. The highest BCUT2D eigenvalue weighted by Crippen LogP contribution is 2.29. The molecule has 11 nitrogen and oxygen atoms in total. The molecule has 33 heavy (non-hydrogen) atoms. The van der Waals surface area contributed by atoms with Crippen LogP contribution in [0.3, 0.4) is 0 Å². The van der Waals surface area contributed by atoms with E-state index >= 15 is 0 Å². The Kier molecular flexibility index (Phi) is 5.16. The molecule has 1 atom stereocenters. The first kappa shape index (κ1) is 21.8. The van der Waals surface area contributed by atoms with Gasteiger partial charge in [-0.15, -0.1) is 0 Å². The van der Waals surface area contributed by atoms with Crippen LogP contribution in [0, 0.1) is 19.8 Å². The van der Waals surface area contributed by atoms with Crippen molar-refractivity contribution in [2.24, 2.45) is 13.0 Å². The molecule has 1 N–H and O–H groups in total. The van der Waals surface area contributed by atoms with Crippen molar-refractivity contribution in [3.63, 3.8) is 0 Å². The predicted molar refractivity (Wildman–Crippen MR) is 119 cm³/mol. The zero-order valence-electron chi connectivity index (χ0n) is 18.9. The van der Waals surface area contributed by atoms with E-state index in [2.05, 4.69) is 15.2 Å². The summed E-state index contributed by atoms with van der Waals surface area (Å²) < 4.78 is 31.1. The summed E-state index contributed by atoms with van der Waals surface area (Å²) in [6.07, 6.45) is 3.37. The Bertz CT molecular complexity index is 1420. The Balaban J connectivity index is 1.37. The molecule has 5 rings (SSSR count). The van der Waals surface area contributed by atoms with Crippen LogP contribution in [0.15, 0.2) is 22.0 Å². The van der Waals surface area contributed by atoms with Crippen LogP contribution < -0.4 is 5.56 Å². The molecule has 2 aliphatic rings. The fourth-order valence-corrected chi connectivity index (χ4v) is 6.91. The van der Waals surface area contributed by atoms with Crippen molar-refractivity contribution >= 4 is 21.6 Å². The molecule has 3 aromatic rings. The van der Waals surface area contributed by atoms with E-state index in [9.17, 15) is 18.0 Å². The van der Waals surface area contributed by atoms with Crippen LogP contribution in [0.1, 0.15) is 35.5 Å². The molecule has 12 heteroatoms. The Morgan fingerprint density at radius 1 is 1.24 bits per heavy atom. The van der Waals surface area contributed by atoms with Crippen molar-refractivity contribution in [1.29, 1.82) is 0 Å². The minimum atomic E-state index is -3.76. The number of hydrogen-bond donors (Lipinski definition) is 1. The summed E-state index contributed by atoms with van der Waals surface area (Å²) in [5, 5.41) is 7.09. The van der Waals surface area contributed by atoms with E-state index in [-0.39, 0.29) is 29.5 Å². The second-order valence-corrected chi connectivity index (χ2v) is 10.7. The van der Waals surface area contributed by atoms with Gasteiger partial charge in [-0.1, -0.05) is 0 Å². The van der Waals surface area contributed by atoms with E-state index in [1.165, 1.54) is 8.82 Å². The van der Waals surface area contributed by atoms with Gasteiger partial charge >= 0.3 is 0 Å². The average Bonchev–Trinajstić information content (AvgIpc) is 3.37. The number of aryl methyl sites for hydroxylation is 2. The maximum atomic E-state index is 13.4. The summed E-state index contributed by atoms with van der Waals surface area (Å²) in [4.78, 5) is 32.7. The van der Waals surface area contributed by atoms with Crippen LogP contribution in [0.2, 0.25) is 0 Å². The summed E-state index contributed by atoms with van der Waals surface area (Å²) in [6, 6.07) is 1.74. The number of rotatable bonds is 3. The van der Waals surface area contributed by atoms with Crippen molar-refractivity contribution in [2.75, 3.05) is 19.6 Å².